The van der Waals surface area contributed by atoms with Gasteiger partial charge < -0.3 is 0 Å². The normalized spacial score (nSPS) is 24.6. The summed E-state index contributed by atoms with van der Waals surface area (Å²) in [6.07, 6.45) is 2.41. The van der Waals surface area contributed by atoms with Crippen molar-refractivity contribution in [1.82, 2.24) is 4.31 Å². The predicted molar refractivity (Wildman–Crippen MR) is 83.2 cm³/mol. The Balaban J connectivity index is 2.00. The molecule has 110 valence electrons. The zero-order valence-electron chi connectivity index (χ0n) is 10.9. The van der Waals surface area contributed by atoms with Gasteiger partial charge in [0.05, 0.1) is 10.8 Å². The molecule has 2 unspecified atom stereocenters. The third-order valence-electron chi connectivity index (χ3n) is 3.33. The second-order valence-electron chi connectivity index (χ2n) is 4.76. The lowest BCUT2D eigenvalue weighted by Crippen LogP contribution is -2.39. The highest BCUT2D eigenvalue weighted by atomic mass is 35.5. The van der Waals surface area contributed by atoms with E-state index in [-0.39, 0.29) is 15.4 Å². The summed E-state index contributed by atoms with van der Waals surface area (Å²) < 4.78 is 26.6. The van der Waals surface area contributed by atoms with E-state index in [2.05, 4.69) is 9.98 Å². The minimum atomic E-state index is -3.71. The summed E-state index contributed by atoms with van der Waals surface area (Å²) >= 11 is 11.8. The van der Waals surface area contributed by atoms with Crippen LogP contribution in [0.15, 0.2) is 51.4 Å². The third-order valence-corrected chi connectivity index (χ3v) is 5.61. The van der Waals surface area contributed by atoms with E-state index in [0.717, 1.165) is 5.56 Å². The zero-order chi connectivity index (χ0) is 15.2. The van der Waals surface area contributed by atoms with Gasteiger partial charge in [-0.15, -0.1) is 0 Å². The van der Waals surface area contributed by atoms with Gasteiger partial charge in [-0.1, -0.05) is 35.4 Å². The van der Waals surface area contributed by atoms with Crippen LogP contribution in [-0.4, -0.2) is 29.4 Å². The first-order valence-corrected chi connectivity index (χ1v) is 8.35. The van der Waals surface area contributed by atoms with Crippen LogP contribution in [0.3, 0.4) is 0 Å². The first kappa shape index (κ1) is 14.6. The average Bonchev–Trinajstić information content (AvgIpc) is 2.83. The molecule has 0 saturated carbocycles. The molecule has 0 aromatic heterocycles. The molecule has 3 rings (SSSR count). The topological polar surface area (TPSA) is 62.1 Å². The largest absolute Gasteiger partial charge is 0.265 e. The molecular formula is C13H11Cl2N3O2S. The van der Waals surface area contributed by atoms with E-state index < -0.39 is 22.1 Å². The van der Waals surface area contributed by atoms with Crippen LogP contribution in [0.1, 0.15) is 5.56 Å². The standard InChI is InChI=1S/C13H11Cl2N3O2S/c1-8-2-4-9(5-3-8)21(19,20)18-7-6-10-11(14)16-13(15)17-12(10)18/h2-7,10,12H,1H3. The molecule has 1 aromatic rings. The highest BCUT2D eigenvalue weighted by molar-refractivity contribution is 7.89. The van der Waals surface area contributed by atoms with Crippen molar-refractivity contribution in [3.63, 3.8) is 0 Å². The maximum atomic E-state index is 12.7. The van der Waals surface area contributed by atoms with Crippen molar-refractivity contribution in [2.45, 2.75) is 18.0 Å². The fourth-order valence-electron chi connectivity index (χ4n) is 2.22. The zero-order valence-corrected chi connectivity index (χ0v) is 13.3. The monoisotopic (exact) mass is 343 g/mol. The summed E-state index contributed by atoms with van der Waals surface area (Å²) in [7, 11) is -3.71. The maximum absolute atomic E-state index is 12.7. The summed E-state index contributed by atoms with van der Waals surface area (Å²) in [5.74, 6) is -0.394. The molecule has 5 nitrogen and oxygen atoms in total. The van der Waals surface area contributed by atoms with Gasteiger partial charge in [-0.3, -0.25) is 0 Å². The molecule has 2 heterocycles. The highest BCUT2D eigenvalue weighted by Gasteiger charge is 2.41. The van der Waals surface area contributed by atoms with E-state index in [9.17, 15) is 8.42 Å². The van der Waals surface area contributed by atoms with E-state index in [4.69, 9.17) is 23.2 Å². The number of hydrogen-bond acceptors (Lipinski definition) is 4. The molecule has 1 aromatic carbocycles. The van der Waals surface area contributed by atoms with Crippen LogP contribution in [0.25, 0.3) is 0 Å². The van der Waals surface area contributed by atoms with Crippen LogP contribution in [0, 0.1) is 12.8 Å². The van der Waals surface area contributed by atoms with E-state index in [0.29, 0.717) is 0 Å². The smallest absolute Gasteiger partial charge is 0.249 e. The van der Waals surface area contributed by atoms with Crippen molar-refractivity contribution in [1.29, 1.82) is 0 Å². The van der Waals surface area contributed by atoms with Gasteiger partial charge in [0.15, 0.2) is 6.17 Å². The van der Waals surface area contributed by atoms with E-state index in [1.165, 1.54) is 10.5 Å². The Labute approximate surface area is 132 Å². The van der Waals surface area contributed by atoms with Crippen molar-refractivity contribution in [3.05, 3.63) is 42.1 Å². The van der Waals surface area contributed by atoms with Crippen LogP contribution >= 0.6 is 23.2 Å². The third kappa shape index (κ3) is 2.47. The number of aliphatic imine (C=N–C) groups is 2. The quantitative estimate of drug-likeness (QED) is 0.775. The number of sulfonamides is 1. The number of hydrogen-bond donors (Lipinski definition) is 0. The maximum Gasteiger partial charge on any atom is 0.265 e. The second-order valence-corrected chi connectivity index (χ2v) is 7.33. The molecule has 0 spiro atoms. The van der Waals surface area contributed by atoms with Crippen LogP contribution in [-0.2, 0) is 10.0 Å². The Bertz CT molecular complexity index is 769. The van der Waals surface area contributed by atoms with Gasteiger partial charge >= 0.3 is 0 Å². The van der Waals surface area contributed by atoms with Gasteiger partial charge in [-0.25, -0.2) is 22.7 Å². The van der Waals surface area contributed by atoms with Gasteiger partial charge in [0.25, 0.3) is 10.0 Å². The molecule has 21 heavy (non-hydrogen) atoms. The molecule has 0 N–H and O–H groups in total. The molecule has 0 amide bonds. The van der Waals surface area contributed by atoms with Crippen molar-refractivity contribution >= 4 is 43.7 Å². The Morgan fingerprint density at radius 3 is 2.52 bits per heavy atom. The molecule has 0 aliphatic carbocycles. The number of benzene rings is 1. The number of fused-ring (bicyclic) bond motifs is 1. The fourth-order valence-corrected chi connectivity index (χ4v) is 4.13. The van der Waals surface area contributed by atoms with Crippen LogP contribution in [0.4, 0.5) is 0 Å². The lowest BCUT2D eigenvalue weighted by molar-refractivity contribution is 0.408. The SMILES string of the molecule is Cc1ccc(S(=O)(=O)N2C=CC3C(Cl)=NC(Cl)=NC32)cc1. The Hall–Kier alpha value is -1.37. The van der Waals surface area contributed by atoms with E-state index >= 15 is 0 Å². The first-order chi connectivity index (χ1) is 9.89. The molecule has 2 atom stereocenters. The van der Waals surface area contributed by atoms with Crippen LogP contribution in [0.2, 0.25) is 0 Å². The van der Waals surface area contributed by atoms with Gasteiger partial charge in [0.2, 0.25) is 5.29 Å². The van der Waals surface area contributed by atoms with Gasteiger partial charge in [0, 0.05) is 6.20 Å². The molecule has 0 saturated heterocycles. The van der Waals surface area contributed by atoms with Crippen molar-refractivity contribution in [2.75, 3.05) is 0 Å². The second kappa shape index (κ2) is 5.12. The minimum absolute atomic E-state index is 0.0472. The number of halogens is 2. The average molecular weight is 344 g/mol. The lowest BCUT2D eigenvalue weighted by Gasteiger charge is -2.27. The number of aryl methyl sites for hydroxylation is 1. The molecule has 2 aliphatic heterocycles. The van der Waals surface area contributed by atoms with Gasteiger partial charge in [0.1, 0.15) is 5.17 Å². The van der Waals surface area contributed by atoms with Crippen molar-refractivity contribution in [2.24, 2.45) is 15.9 Å². The van der Waals surface area contributed by atoms with E-state index in [1.807, 2.05) is 6.92 Å². The summed E-state index contributed by atoms with van der Waals surface area (Å²) in [6.45, 7) is 1.89. The Morgan fingerprint density at radius 1 is 1.19 bits per heavy atom. The summed E-state index contributed by atoms with van der Waals surface area (Å²) in [5, 5.41) is 0.187. The molecular weight excluding hydrogens is 333 g/mol. The Morgan fingerprint density at radius 2 is 1.86 bits per heavy atom. The summed E-state index contributed by atoms with van der Waals surface area (Å²) in [6, 6.07) is 6.62. The molecule has 2 aliphatic rings. The summed E-state index contributed by atoms with van der Waals surface area (Å²) in [4.78, 5) is 8.13. The predicted octanol–water partition coefficient (Wildman–Crippen LogP) is 2.70. The van der Waals surface area contributed by atoms with Gasteiger partial charge in [-0.2, -0.15) is 0 Å². The van der Waals surface area contributed by atoms with E-state index in [1.54, 1.807) is 30.3 Å². The molecule has 0 fully saturated rings. The van der Waals surface area contributed by atoms with Crippen LogP contribution in [0.5, 0.6) is 0 Å². The summed E-state index contributed by atoms with van der Waals surface area (Å²) in [5.41, 5.74) is 0.984. The number of amidine groups is 1. The molecule has 0 bridgehead atoms. The molecule has 0 radical (unpaired) electrons. The van der Waals surface area contributed by atoms with Gasteiger partial charge in [-0.05, 0) is 30.7 Å². The number of nitrogens with zero attached hydrogens (tertiary/aromatic N) is 3. The minimum Gasteiger partial charge on any atom is -0.249 e. The first-order valence-electron chi connectivity index (χ1n) is 6.15. The van der Waals surface area contributed by atoms with Crippen molar-refractivity contribution < 1.29 is 8.42 Å². The number of rotatable bonds is 2. The van der Waals surface area contributed by atoms with Crippen LogP contribution < -0.4 is 0 Å². The Kier molecular flexibility index (Phi) is 3.55. The van der Waals surface area contributed by atoms with Crippen molar-refractivity contribution in [3.8, 4) is 0 Å². The molecule has 8 heteroatoms. The lowest BCUT2D eigenvalue weighted by atomic mass is 10.1. The highest BCUT2D eigenvalue weighted by Crippen LogP contribution is 2.33. The fraction of sp³-hybridized carbons (Fsp3) is 0.231.